The number of hydrogen-bond acceptors (Lipinski definition) is 5. The minimum Gasteiger partial charge on any atom is -0.464 e. The summed E-state index contributed by atoms with van der Waals surface area (Å²) in [6, 6.07) is 16.6. The van der Waals surface area contributed by atoms with Crippen molar-refractivity contribution in [1.29, 1.82) is 0 Å². The van der Waals surface area contributed by atoms with Gasteiger partial charge in [0.1, 0.15) is 17.0 Å². The van der Waals surface area contributed by atoms with Crippen molar-refractivity contribution >= 4 is 28.6 Å². The molecule has 190 valence electrons. The highest BCUT2D eigenvalue weighted by Gasteiger charge is 2.49. The highest BCUT2D eigenvalue weighted by molar-refractivity contribution is 6.15. The third kappa shape index (κ3) is 4.06. The van der Waals surface area contributed by atoms with Crippen LogP contribution < -0.4 is 5.32 Å². The van der Waals surface area contributed by atoms with E-state index in [1.807, 2.05) is 21.9 Å². The van der Waals surface area contributed by atoms with E-state index in [-0.39, 0.29) is 17.7 Å². The Morgan fingerprint density at radius 3 is 2.54 bits per heavy atom. The number of carbonyl (C=O) groups is 2. The number of nitrogens with one attached hydrogen (secondary N) is 1. The Morgan fingerprint density at radius 2 is 1.76 bits per heavy atom. The zero-order chi connectivity index (χ0) is 25.0. The summed E-state index contributed by atoms with van der Waals surface area (Å²) in [7, 11) is 0. The summed E-state index contributed by atoms with van der Waals surface area (Å²) in [6.07, 6.45) is 6.17. The van der Waals surface area contributed by atoms with Crippen LogP contribution >= 0.6 is 0 Å². The van der Waals surface area contributed by atoms with Gasteiger partial charge in [-0.05, 0) is 80.4 Å². The van der Waals surface area contributed by atoms with Crippen LogP contribution in [0.5, 0.6) is 0 Å². The maximum absolute atomic E-state index is 13.9. The lowest BCUT2D eigenvalue weighted by Crippen LogP contribution is -2.50. The van der Waals surface area contributed by atoms with Gasteiger partial charge in [0.2, 0.25) is 5.91 Å². The summed E-state index contributed by atoms with van der Waals surface area (Å²) in [4.78, 5) is 35.6. The molecule has 1 saturated carbocycles. The molecule has 1 spiro atoms. The Hall–Kier alpha value is -3.45. The zero-order valence-electron chi connectivity index (χ0n) is 21.0. The van der Waals surface area contributed by atoms with E-state index in [4.69, 9.17) is 9.41 Å². The third-order valence-electron chi connectivity index (χ3n) is 8.54. The number of fused-ring (bicyclic) bond motifs is 1. The molecule has 37 heavy (non-hydrogen) atoms. The number of aliphatic imine (C=N–C) groups is 1. The molecule has 1 N–H and O–H groups in total. The first kappa shape index (κ1) is 22.7. The lowest BCUT2D eigenvalue weighted by molar-refractivity contribution is -0.132. The molecule has 2 aromatic carbocycles. The largest absolute Gasteiger partial charge is 0.464 e. The second-order valence-corrected chi connectivity index (χ2v) is 11.1. The predicted octanol–water partition coefficient (Wildman–Crippen LogP) is 4.07. The standard InChI is InChI=1S/C30H32N4O3/c35-28(23-5-6-23)33-15-9-20(18-33)19-34-27(32-30(29(34)36)11-13-31-14-12-30)22-3-1-21(2-4-22)24-7-8-26-25(17-24)10-16-37-26/h1-4,7-8,10,16-17,20,23,31H,5-6,9,11-15,18-19H2/t20-/m1/s1. The van der Waals surface area contributed by atoms with E-state index in [9.17, 15) is 9.59 Å². The fraction of sp³-hybridized carbons (Fsp3) is 0.433. The number of likely N-dealkylation sites (tertiary alicyclic amines) is 1. The number of carbonyl (C=O) groups excluding carboxylic acids is 2. The van der Waals surface area contributed by atoms with Gasteiger partial charge in [-0.15, -0.1) is 0 Å². The average molecular weight is 497 g/mol. The van der Waals surface area contributed by atoms with Crippen molar-refractivity contribution in [1.82, 2.24) is 15.1 Å². The summed E-state index contributed by atoms with van der Waals surface area (Å²) in [5.74, 6) is 1.76. The molecular weight excluding hydrogens is 464 g/mol. The lowest BCUT2D eigenvalue weighted by atomic mass is 9.88. The third-order valence-corrected chi connectivity index (χ3v) is 8.54. The smallest absolute Gasteiger partial charge is 0.256 e. The number of piperidine rings is 1. The Labute approximate surface area is 216 Å². The summed E-state index contributed by atoms with van der Waals surface area (Å²) >= 11 is 0. The molecule has 7 nitrogen and oxygen atoms in total. The number of furan rings is 1. The molecule has 4 heterocycles. The van der Waals surface area contributed by atoms with Crippen LogP contribution in [0.4, 0.5) is 0 Å². The van der Waals surface area contributed by atoms with Crippen LogP contribution in [-0.4, -0.2) is 65.7 Å². The van der Waals surface area contributed by atoms with Gasteiger partial charge in [0.15, 0.2) is 0 Å². The first-order valence-corrected chi connectivity index (χ1v) is 13.6. The van der Waals surface area contributed by atoms with E-state index in [0.29, 0.717) is 12.5 Å². The lowest BCUT2D eigenvalue weighted by Gasteiger charge is -2.31. The number of benzene rings is 2. The van der Waals surface area contributed by atoms with Gasteiger partial charge in [0.05, 0.1) is 6.26 Å². The molecule has 4 aliphatic rings. The summed E-state index contributed by atoms with van der Waals surface area (Å²) in [5.41, 5.74) is 3.44. The molecule has 2 saturated heterocycles. The van der Waals surface area contributed by atoms with Crippen LogP contribution in [0, 0.1) is 11.8 Å². The van der Waals surface area contributed by atoms with Crippen LogP contribution in [0.2, 0.25) is 0 Å². The number of rotatable bonds is 5. The number of hydrogen-bond donors (Lipinski definition) is 1. The van der Waals surface area contributed by atoms with Gasteiger partial charge in [0.25, 0.3) is 5.91 Å². The Morgan fingerprint density at radius 1 is 1.00 bits per heavy atom. The summed E-state index contributed by atoms with van der Waals surface area (Å²) in [5, 5.41) is 4.46. The van der Waals surface area contributed by atoms with Crippen molar-refractivity contribution in [2.75, 3.05) is 32.7 Å². The maximum Gasteiger partial charge on any atom is 0.256 e. The van der Waals surface area contributed by atoms with Gasteiger partial charge >= 0.3 is 0 Å². The van der Waals surface area contributed by atoms with E-state index in [1.165, 1.54) is 0 Å². The van der Waals surface area contributed by atoms with E-state index in [0.717, 1.165) is 91.8 Å². The normalized spacial score (nSPS) is 23.3. The number of amidine groups is 1. The van der Waals surface area contributed by atoms with Crippen molar-refractivity contribution in [3.63, 3.8) is 0 Å². The van der Waals surface area contributed by atoms with E-state index < -0.39 is 5.54 Å². The quantitative estimate of drug-likeness (QED) is 0.578. The monoisotopic (exact) mass is 496 g/mol. The molecule has 0 unspecified atom stereocenters. The van der Waals surface area contributed by atoms with Crippen LogP contribution in [0.15, 0.2) is 64.2 Å². The molecule has 1 aromatic heterocycles. The van der Waals surface area contributed by atoms with E-state index in [2.05, 4.69) is 41.7 Å². The van der Waals surface area contributed by atoms with Crippen molar-refractivity contribution in [3.05, 3.63) is 60.4 Å². The van der Waals surface area contributed by atoms with Crippen LogP contribution in [-0.2, 0) is 9.59 Å². The average Bonchev–Trinajstić information content (AvgIpc) is 3.40. The Bertz CT molecular complexity index is 1380. The Kier molecular flexibility index (Phi) is 5.43. The highest BCUT2D eigenvalue weighted by Crippen LogP contribution is 2.36. The maximum atomic E-state index is 13.9. The Balaban J connectivity index is 1.16. The molecule has 3 aromatic rings. The number of nitrogens with zero attached hydrogens (tertiary/aromatic N) is 3. The molecule has 2 amide bonds. The molecule has 0 radical (unpaired) electrons. The molecule has 7 heteroatoms. The highest BCUT2D eigenvalue weighted by atomic mass is 16.3. The fourth-order valence-electron chi connectivity index (χ4n) is 6.20. The second kappa shape index (κ2) is 8.84. The zero-order valence-corrected chi connectivity index (χ0v) is 21.0. The molecule has 0 bridgehead atoms. The second-order valence-electron chi connectivity index (χ2n) is 11.1. The first-order chi connectivity index (χ1) is 18.1. The van der Waals surface area contributed by atoms with Crippen molar-refractivity contribution < 1.29 is 14.0 Å². The van der Waals surface area contributed by atoms with Gasteiger partial charge in [-0.2, -0.15) is 0 Å². The van der Waals surface area contributed by atoms with Crippen LogP contribution in [0.3, 0.4) is 0 Å². The van der Waals surface area contributed by atoms with E-state index in [1.54, 1.807) is 6.26 Å². The van der Waals surface area contributed by atoms with Gasteiger partial charge in [0, 0.05) is 36.5 Å². The molecule has 1 aliphatic carbocycles. The first-order valence-electron chi connectivity index (χ1n) is 13.6. The van der Waals surface area contributed by atoms with Crippen molar-refractivity contribution in [3.8, 4) is 11.1 Å². The topological polar surface area (TPSA) is 78.2 Å². The summed E-state index contributed by atoms with van der Waals surface area (Å²) < 4.78 is 5.48. The SMILES string of the molecule is O=C(C1CC1)N1CC[C@@H](CN2C(=O)C3(CCNCC3)N=C2c2ccc(-c3ccc4occc4c3)cc2)C1. The van der Waals surface area contributed by atoms with E-state index >= 15 is 0 Å². The molecule has 3 fully saturated rings. The predicted molar refractivity (Wildman–Crippen MR) is 142 cm³/mol. The van der Waals surface area contributed by atoms with Gasteiger partial charge in [-0.25, -0.2) is 0 Å². The van der Waals surface area contributed by atoms with Crippen molar-refractivity contribution in [2.45, 2.75) is 37.6 Å². The molecule has 1 atom stereocenters. The van der Waals surface area contributed by atoms with Gasteiger partial charge in [-0.3, -0.25) is 19.5 Å². The summed E-state index contributed by atoms with van der Waals surface area (Å²) in [6.45, 7) is 3.79. The number of amides is 2. The molecule has 3 aliphatic heterocycles. The van der Waals surface area contributed by atoms with Gasteiger partial charge < -0.3 is 14.6 Å². The minimum absolute atomic E-state index is 0.130. The molecule has 7 rings (SSSR count). The van der Waals surface area contributed by atoms with Crippen LogP contribution in [0.25, 0.3) is 22.1 Å². The van der Waals surface area contributed by atoms with Crippen molar-refractivity contribution in [2.24, 2.45) is 16.8 Å². The minimum atomic E-state index is -0.659. The fourth-order valence-corrected chi connectivity index (χ4v) is 6.20. The van der Waals surface area contributed by atoms with Gasteiger partial charge in [-0.1, -0.05) is 30.3 Å². The molecular formula is C30H32N4O3. The van der Waals surface area contributed by atoms with Crippen LogP contribution in [0.1, 0.15) is 37.7 Å².